The lowest BCUT2D eigenvalue weighted by molar-refractivity contribution is -0.185. The van der Waals surface area contributed by atoms with Gasteiger partial charge in [0.05, 0.1) is 16.3 Å². The van der Waals surface area contributed by atoms with Crippen molar-refractivity contribution < 1.29 is 22.8 Å². The number of aliphatic imine (C=N–C) groups is 1. The summed E-state index contributed by atoms with van der Waals surface area (Å²) in [6.07, 6.45) is -0.896. The summed E-state index contributed by atoms with van der Waals surface area (Å²) in [4.78, 5) is 34.1. The van der Waals surface area contributed by atoms with E-state index in [-0.39, 0.29) is 10.8 Å². The van der Waals surface area contributed by atoms with Gasteiger partial charge in [-0.3, -0.25) is 15.1 Å². The zero-order chi connectivity index (χ0) is 23.6. The summed E-state index contributed by atoms with van der Waals surface area (Å²) in [6, 6.07) is -1.15. The van der Waals surface area contributed by atoms with Crippen molar-refractivity contribution in [2.75, 3.05) is 11.9 Å². The van der Waals surface area contributed by atoms with Crippen molar-refractivity contribution in [1.29, 1.82) is 0 Å². The summed E-state index contributed by atoms with van der Waals surface area (Å²) in [7, 11) is 0. The van der Waals surface area contributed by atoms with Gasteiger partial charge < -0.3 is 10.6 Å². The highest BCUT2D eigenvalue weighted by atomic mass is 32.1. The number of nitrogens with one attached hydrogen (secondary N) is 1. The maximum absolute atomic E-state index is 13.5. The van der Waals surface area contributed by atoms with E-state index in [1.54, 1.807) is 13.8 Å². The van der Waals surface area contributed by atoms with Gasteiger partial charge in [0.15, 0.2) is 5.13 Å². The third kappa shape index (κ3) is 5.33. The van der Waals surface area contributed by atoms with Gasteiger partial charge in [-0.25, -0.2) is 9.78 Å². The molecule has 0 aromatic carbocycles. The largest absolute Gasteiger partial charge is 0.399 e. The van der Waals surface area contributed by atoms with Crippen LogP contribution in [0.15, 0.2) is 23.8 Å². The standard InChI is InChI=1S/C20H26F3N5O2S/c1-6-25-14(19(4,5)20(21,22)23)10-11(2)15-12(3)26-17(31-15)27-18(30)28-9-7-8-13(28)16(24)29/h6,10,13H,1,7-9H2,2-5H3,(H2,24,29)(H,26,27,30)/b11-10+,25-14+/t13-/m0/s1. The number of amides is 3. The van der Waals surface area contributed by atoms with Crippen LogP contribution in [0, 0.1) is 12.3 Å². The molecule has 1 aliphatic rings. The Hall–Kier alpha value is -2.69. The summed E-state index contributed by atoms with van der Waals surface area (Å²) >= 11 is 1.13. The quantitative estimate of drug-likeness (QED) is 0.615. The van der Waals surface area contributed by atoms with E-state index in [9.17, 15) is 22.8 Å². The predicted molar refractivity (Wildman–Crippen MR) is 116 cm³/mol. The van der Waals surface area contributed by atoms with Crippen molar-refractivity contribution >= 4 is 39.7 Å². The molecule has 2 heterocycles. The van der Waals surface area contributed by atoms with Crippen molar-refractivity contribution in [3.63, 3.8) is 0 Å². The van der Waals surface area contributed by atoms with Gasteiger partial charge in [-0.2, -0.15) is 13.2 Å². The number of aryl methyl sites for hydroxylation is 1. The molecule has 11 heteroatoms. The summed E-state index contributed by atoms with van der Waals surface area (Å²) in [5, 5.41) is 2.93. The lowest BCUT2D eigenvalue weighted by atomic mass is 9.85. The number of likely N-dealkylation sites (tertiary alicyclic amines) is 1. The lowest BCUT2D eigenvalue weighted by Crippen LogP contribution is -2.45. The molecule has 1 saturated heterocycles. The third-order valence-corrected chi connectivity index (χ3v) is 6.35. The second kappa shape index (κ2) is 9.21. The number of urea groups is 1. The van der Waals surface area contributed by atoms with Crippen LogP contribution in [-0.2, 0) is 4.79 Å². The SMILES string of the molecule is C=C/N=C(\C=C(/C)c1sc(NC(=O)N2CCC[C@H]2C(N)=O)nc1C)C(C)(C)C(F)(F)F. The van der Waals surface area contributed by atoms with Gasteiger partial charge in [-0.1, -0.05) is 17.9 Å². The van der Waals surface area contributed by atoms with Gasteiger partial charge in [0, 0.05) is 12.7 Å². The molecule has 31 heavy (non-hydrogen) atoms. The van der Waals surface area contributed by atoms with Gasteiger partial charge in [0.2, 0.25) is 5.91 Å². The molecule has 2 rings (SSSR count). The Morgan fingerprint density at radius 1 is 1.39 bits per heavy atom. The molecular formula is C20H26F3N5O2S. The van der Waals surface area contributed by atoms with E-state index >= 15 is 0 Å². The topological polar surface area (TPSA) is 101 Å². The average molecular weight is 458 g/mol. The number of nitrogens with zero attached hydrogens (tertiary/aromatic N) is 3. The Labute approximate surface area is 182 Å². The van der Waals surface area contributed by atoms with Crippen LogP contribution in [0.2, 0.25) is 0 Å². The highest BCUT2D eigenvalue weighted by molar-refractivity contribution is 7.17. The Kier molecular flexibility index (Phi) is 7.30. The summed E-state index contributed by atoms with van der Waals surface area (Å²) in [5.74, 6) is -0.566. The number of rotatable bonds is 6. The first-order valence-electron chi connectivity index (χ1n) is 9.58. The molecule has 0 unspecified atom stereocenters. The van der Waals surface area contributed by atoms with Crippen molar-refractivity contribution in [1.82, 2.24) is 9.88 Å². The summed E-state index contributed by atoms with van der Waals surface area (Å²) in [5.41, 5.74) is 4.04. The van der Waals surface area contributed by atoms with E-state index in [2.05, 4.69) is 21.9 Å². The number of allylic oxidation sites excluding steroid dienone is 2. The smallest absolute Gasteiger partial charge is 0.368 e. The fourth-order valence-corrected chi connectivity index (χ4v) is 4.11. The Morgan fingerprint density at radius 3 is 2.58 bits per heavy atom. The minimum absolute atomic E-state index is 0.188. The van der Waals surface area contributed by atoms with Crippen molar-refractivity contribution in [2.45, 2.75) is 52.8 Å². The number of alkyl halides is 3. The molecule has 1 aliphatic heterocycles. The Balaban J connectivity index is 2.28. The molecule has 170 valence electrons. The molecule has 3 amide bonds. The number of anilines is 1. The number of hydrogen-bond acceptors (Lipinski definition) is 5. The van der Waals surface area contributed by atoms with E-state index in [4.69, 9.17) is 5.73 Å². The highest BCUT2D eigenvalue weighted by Crippen LogP contribution is 2.40. The van der Waals surface area contributed by atoms with E-state index in [0.717, 1.165) is 31.4 Å². The lowest BCUT2D eigenvalue weighted by Gasteiger charge is -2.28. The Bertz CT molecular complexity index is 934. The molecule has 1 aromatic rings. The van der Waals surface area contributed by atoms with Crippen molar-refractivity contribution in [2.24, 2.45) is 16.1 Å². The van der Waals surface area contributed by atoms with Crippen LogP contribution in [0.4, 0.5) is 23.1 Å². The molecule has 0 spiro atoms. The molecule has 0 saturated carbocycles. The van der Waals surface area contributed by atoms with E-state index < -0.39 is 29.6 Å². The van der Waals surface area contributed by atoms with Crippen LogP contribution >= 0.6 is 11.3 Å². The first kappa shape index (κ1) is 24.6. The monoisotopic (exact) mass is 457 g/mol. The maximum Gasteiger partial charge on any atom is 0.399 e. The summed E-state index contributed by atoms with van der Waals surface area (Å²) in [6.45, 7) is 9.26. The molecule has 0 radical (unpaired) electrons. The molecule has 0 bridgehead atoms. The van der Waals surface area contributed by atoms with E-state index in [1.807, 2.05) is 0 Å². The number of carbonyl (C=O) groups is 2. The van der Waals surface area contributed by atoms with E-state index in [0.29, 0.717) is 35.5 Å². The molecule has 0 aliphatic carbocycles. The molecule has 1 fully saturated rings. The zero-order valence-corrected chi connectivity index (χ0v) is 18.7. The van der Waals surface area contributed by atoms with Crippen LogP contribution in [0.5, 0.6) is 0 Å². The van der Waals surface area contributed by atoms with Crippen LogP contribution < -0.4 is 11.1 Å². The van der Waals surface area contributed by atoms with Gasteiger partial charge in [0.1, 0.15) is 11.5 Å². The number of aromatic nitrogens is 1. The van der Waals surface area contributed by atoms with Gasteiger partial charge in [-0.15, -0.1) is 0 Å². The van der Waals surface area contributed by atoms with Crippen molar-refractivity contribution in [3.05, 3.63) is 29.4 Å². The number of primary amides is 1. The fraction of sp³-hybridized carbons (Fsp3) is 0.500. The van der Waals surface area contributed by atoms with Crippen LogP contribution in [-0.4, -0.2) is 46.3 Å². The first-order chi connectivity index (χ1) is 14.3. The second-order valence-electron chi connectivity index (χ2n) is 7.76. The minimum atomic E-state index is -4.50. The molecular weight excluding hydrogens is 431 g/mol. The van der Waals surface area contributed by atoms with Crippen LogP contribution in [0.1, 0.15) is 44.2 Å². The fourth-order valence-electron chi connectivity index (χ4n) is 3.18. The Morgan fingerprint density at radius 2 is 2.03 bits per heavy atom. The van der Waals surface area contributed by atoms with Crippen LogP contribution in [0.25, 0.3) is 5.57 Å². The average Bonchev–Trinajstić information content (AvgIpc) is 3.27. The number of carbonyl (C=O) groups excluding carboxylic acids is 2. The minimum Gasteiger partial charge on any atom is -0.368 e. The highest BCUT2D eigenvalue weighted by Gasteiger charge is 2.50. The normalized spacial score (nSPS) is 18.3. The number of halogens is 3. The molecule has 3 N–H and O–H groups in total. The first-order valence-corrected chi connectivity index (χ1v) is 10.4. The predicted octanol–water partition coefficient (Wildman–Crippen LogP) is 4.51. The molecule has 1 aromatic heterocycles. The van der Waals surface area contributed by atoms with E-state index in [1.165, 1.54) is 11.0 Å². The zero-order valence-electron chi connectivity index (χ0n) is 17.8. The molecule has 1 atom stereocenters. The van der Waals surface area contributed by atoms with Gasteiger partial charge >= 0.3 is 12.2 Å². The number of hydrogen-bond donors (Lipinski definition) is 2. The maximum atomic E-state index is 13.5. The second-order valence-corrected chi connectivity index (χ2v) is 8.76. The van der Waals surface area contributed by atoms with Gasteiger partial charge in [0.25, 0.3) is 0 Å². The number of nitrogens with two attached hydrogens (primary N) is 1. The van der Waals surface area contributed by atoms with Gasteiger partial charge in [-0.05, 0) is 52.2 Å². The van der Waals surface area contributed by atoms with Crippen molar-refractivity contribution in [3.8, 4) is 0 Å². The number of thiazole rings is 1. The van der Waals surface area contributed by atoms with Crippen LogP contribution in [0.3, 0.4) is 0 Å². The third-order valence-electron chi connectivity index (χ3n) is 5.14. The summed E-state index contributed by atoms with van der Waals surface area (Å²) < 4.78 is 40.5. The molecule has 7 nitrogen and oxygen atoms in total.